The van der Waals surface area contributed by atoms with Crippen molar-refractivity contribution < 1.29 is 14.1 Å². The van der Waals surface area contributed by atoms with E-state index >= 15 is 0 Å². The Morgan fingerprint density at radius 3 is 2.39 bits per heavy atom. The molecule has 0 fully saturated rings. The van der Waals surface area contributed by atoms with Gasteiger partial charge in [0, 0.05) is 17.9 Å². The molecule has 0 bridgehead atoms. The van der Waals surface area contributed by atoms with Crippen molar-refractivity contribution in [3.63, 3.8) is 0 Å². The lowest BCUT2D eigenvalue weighted by Gasteiger charge is -2.29. The summed E-state index contributed by atoms with van der Waals surface area (Å²) in [5.74, 6) is 0.624. The number of ether oxygens (including phenoxy) is 1. The second-order valence-corrected chi connectivity index (χ2v) is 11.4. The Balaban J connectivity index is 2.75. The van der Waals surface area contributed by atoms with Crippen molar-refractivity contribution in [2.75, 3.05) is 25.7 Å². The first-order chi connectivity index (χ1) is 12.8. The Kier molecular flexibility index (Phi) is 6.64. The topological polar surface area (TPSA) is 93.2 Å². The van der Waals surface area contributed by atoms with Crippen LogP contribution >= 0.6 is 30.3 Å². The molecule has 0 saturated heterocycles. The van der Waals surface area contributed by atoms with Crippen molar-refractivity contribution in [3.8, 4) is 5.75 Å². The van der Waals surface area contributed by atoms with Gasteiger partial charge in [-0.2, -0.15) is 4.98 Å². The summed E-state index contributed by atoms with van der Waals surface area (Å²) < 4.78 is 18.7. The van der Waals surface area contributed by atoms with Gasteiger partial charge in [-0.3, -0.25) is 0 Å². The first-order valence-corrected chi connectivity index (χ1v) is 11.8. The third-order valence-corrected chi connectivity index (χ3v) is 5.80. The van der Waals surface area contributed by atoms with E-state index in [9.17, 15) is 9.36 Å². The van der Waals surface area contributed by atoms with Gasteiger partial charge in [-0.25, -0.2) is 9.78 Å². The van der Waals surface area contributed by atoms with E-state index in [1.807, 2.05) is 20.8 Å². The van der Waals surface area contributed by atoms with E-state index in [1.54, 1.807) is 25.5 Å². The minimum Gasteiger partial charge on any atom is -0.410 e. The van der Waals surface area contributed by atoms with Crippen LogP contribution in [0.15, 0.2) is 18.3 Å². The number of carbonyl (C=O) groups is 1. The van der Waals surface area contributed by atoms with Gasteiger partial charge in [-0.15, -0.1) is 0 Å². The molecule has 0 aliphatic heterocycles. The summed E-state index contributed by atoms with van der Waals surface area (Å²) in [6.07, 6.45) is 0.772. The molecule has 10 heteroatoms. The minimum atomic E-state index is -2.83. The Labute approximate surface area is 174 Å². The van der Waals surface area contributed by atoms with Crippen molar-refractivity contribution in [1.29, 1.82) is 0 Å². The highest BCUT2D eigenvalue weighted by Gasteiger charge is 2.32. The first kappa shape index (κ1) is 22.5. The van der Waals surface area contributed by atoms with Gasteiger partial charge < -0.3 is 19.9 Å². The number of amides is 1. The van der Waals surface area contributed by atoms with E-state index in [-0.39, 0.29) is 16.1 Å². The first-order valence-electron chi connectivity index (χ1n) is 8.42. The van der Waals surface area contributed by atoms with Crippen molar-refractivity contribution in [2.24, 2.45) is 0 Å². The van der Waals surface area contributed by atoms with Crippen molar-refractivity contribution >= 4 is 53.2 Å². The van der Waals surface area contributed by atoms with Gasteiger partial charge in [0.2, 0.25) is 5.28 Å². The smallest absolute Gasteiger partial charge is 0.410 e. The Bertz CT molecular complexity index is 955. The van der Waals surface area contributed by atoms with Gasteiger partial charge in [0.25, 0.3) is 0 Å². The summed E-state index contributed by atoms with van der Waals surface area (Å²) in [6.45, 7) is 9.17. The highest BCUT2D eigenvalue weighted by atomic mass is 35.5. The quantitative estimate of drug-likeness (QED) is 0.519. The minimum absolute atomic E-state index is 0.0280. The summed E-state index contributed by atoms with van der Waals surface area (Å²) in [4.78, 5) is 19.7. The second kappa shape index (κ2) is 8.27. The largest absolute Gasteiger partial charge is 0.412 e. The maximum atomic E-state index is 13.3. The fraction of sp³-hybridized carbons (Fsp3) is 0.389. The maximum absolute atomic E-state index is 13.3. The molecule has 2 N–H and O–H groups in total. The zero-order valence-corrected chi connectivity index (χ0v) is 19.0. The molecule has 152 valence electrons. The Morgan fingerprint density at radius 2 is 1.86 bits per heavy atom. The predicted octanol–water partition coefficient (Wildman–Crippen LogP) is 4.79. The van der Waals surface area contributed by atoms with E-state index in [1.165, 1.54) is 13.2 Å². The maximum Gasteiger partial charge on any atom is 0.412 e. The number of hydrogen-bond donors (Lipinski definition) is 2. The lowest BCUT2D eigenvalue weighted by atomic mass is 9.86. The van der Waals surface area contributed by atoms with Crippen LogP contribution in [0.1, 0.15) is 26.3 Å². The number of nitrogens with zero attached hydrogens (tertiary/aromatic N) is 2. The standard InChI is InChI=1S/C18H23Cl2N4O3P/c1-18(2,3)13-12(27-17(25)21-4)8-7-11(14(13)28(5,6)26)23-15-10(19)9-22-16(20)24-15/h7-9H,1-6H3,(H,21,25)(H,22,23,24). The van der Waals surface area contributed by atoms with Crippen LogP contribution in [0.25, 0.3) is 0 Å². The molecule has 0 unspecified atom stereocenters. The van der Waals surface area contributed by atoms with E-state index < -0.39 is 18.7 Å². The van der Waals surface area contributed by atoms with Crippen LogP contribution in [0.5, 0.6) is 5.75 Å². The van der Waals surface area contributed by atoms with Gasteiger partial charge in [-0.1, -0.05) is 32.4 Å². The van der Waals surface area contributed by atoms with Crippen LogP contribution in [0.2, 0.25) is 10.3 Å². The summed E-state index contributed by atoms with van der Waals surface area (Å²) in [7, 11) is -1.35. The molecule has 0 spiro atoms. The molecule has 0 aliphatic rings. The zero-order valence-electron chi connectivity index (χ0n) is 16.6. The molecule has 0 radical (unpaired) electrons. The van der Waals surface area contributed by atoms with Crippen LogP contribution in [-0.4, -0.2) is 36.4 Å². The Morgan fingerprint density at radius 1 is 1.21 bits per heavy atom. The average Bonchev–Trinajstić information content (AvgIpc) is 2.56. The molecular weight excluding hydrogens is 422 g/mol. The number of hydrogen-bond acceptors (Lipinski definition) is 6. The Hall–Kier alpha value is -1.82. The lowest BCUT2D eigenvalue weighted by molar-refractivity contribution is 0.202. The molecule has 28 heavy (non-hydrogen) atoms. The van der Waals surface area contributed by atoms with Gasteiger partial charge in [0.15, 0.2) is 5.82 Å². The molecule has 1 heterocycles. The molecule has 0 aliphatic carbocycles. The number of carbonyl (C=O) groups excluding carboxylic acids is 1. The molecule has 0 atom stereocenters. The third-order valence-electron chi connectivity index (χ3n) is 3.80. The van der Waals surface area contributed by atoms with Gasteiger partial charge in [0.05, 0.1) is 11.9 Å². The second-order valence-electron chi connectivity index (χ2n) is 7.54. The van der Waals surface area contributed by atoms with Crippen molar-refractivity contribution in [1.82, 2.24) is 15.3 Å². The molecule has 7 nitrogen and oxygen atoms in total. The normalized spacial score (nSPS) is 11.9. The fourth-order valence-corrected chi connectivity index (χ4v) is 4.72. The third kappa shape index (κ3) is 5.16. The highest BCUT2D eigenvalue weighted by Crippen LogP contribution is 2.46. The van der Waals surface area contributed by atoms with Crippen LogP contribution in [0, 0.1) is 0 Å². The van der Waals surface area contributed by atoms with E-state index in [0.717, 1.165) is 0 Å². The molecule has 2 aromatic rings. The van der Waals surface area contributed by atoms with E-state index in [4.69, 9.17) is 27.9 Å². The molecule has 0 saturated carbocycles. The number of anilines is 2. The van der Waals surface area contributed by atoms with Crippen molar-refractivity contribution in [3.05, 3.63) is 34.2 Å². The molecule has 1 aromatic heterocycles. The van der Waals surface area contributed by atoms with Gasteiger partial charge in [-0.05, 0) is 42.5 Å². The van der Waals surface area contributed by atoms with Crippen LogP contribution in [0.3, 0.4) is 0 Å². The number of aromatic nitrogens is 2. The van der Waals surface area contributed by atoms with E-state index in [0.29, 0.717) is 22.3 Å². The monoisotopic (exact) mass is 444 g/mol. The predicted molar refractivity (Wildman–Crippen MR) is 115 cm³/mol. The van der Waals surface area contributed by atoms with Crippen LogP contribution < -0.4 is 20.7 Å². The van der Waals surface area contributed by atoms with E-state index in [2.05, 4.69) is 20.6 Å². The van der Waals surface area contributed by atoms with Crippen molar-refractivity contribution in [2.45, 2.75) is 26.2 Å². The van der Waals surface area contributed by atoms with Crippen LogP contribution in [0.4, 0.5) is 16.3 Å². The van der Waals surface area contributed by atoms with Crippen LogP contribution in [-0.2, 0) is 9.98 Å². The number of nitrogens with one attached hydrogen (secondary N) is 2. The number of benzene rings is 1. The SMILES string of the molecule is CNC(=O)Oc1ccc(Nc2nc(Cl)ncc2Cl)c(P(C)(C)=O)c1C(C)(C)C. The lowest BCUT2D eigenvalue weighted by Crippen LogP contribution is -2.29. The van der Waals surface area contributed by atoms with Gasteiger partial charge in [0.1, 0.15) is 17.9 Å². The highest BCUT2D eigenvalue weighted by molar-refractivity contribution is 7.70. The van der Waals surface area contributed by atoms with Gasteiger partial charge >= 0.3 is 6.09 Å². The molecule has 1 aromatic carbocycles. The fourth-order valence-electron chi connectivity index (χ4n) is 2.75. The summed E-state index contributed by atoms with van der Waals surface area (Å²) in [5, 5.41) is 6.36. The molecular formula is C18H23Cl2N4O3P. The summed E-state index contributed by atoms with van der Waals surface area (Å²) in [6, 6.07) is 3.32. The summed E-state index contributed by atoms with van der Waals surface area (Å²) in [5.41, 5.74) is 0.732. The zero-order chi connectivity index (χ0) is 21.3. The number of rotatable bonds is 4. The molecule has 2 rings (SSSR count). The number of halogens is 2. The molecule has 1 amide bonds. The summed E-state index contributed by atoms with van der Waals surface area (Å²) >= 11 is 12.0. The average molecular weight is 445 g/mol.